The highest BCUT2D eigenvalue weighted by Gasteiger charge is 2.09. The second-order valence-corrected chi connectivity index (χ2v) is 5.48. The van der Waals surface area contributed by atoms with Gasteiger partial charge in [0.25, 0.3) is 0 Å². The van der Waals surface area contributed by atoms with Gasteiger partial charge in [-0.3, -0.25) is 9.78 Å². The predicted molar refractivity (Wildman–Crippen MR) is 86.0 cm³/mol. The molecule has 0 saturated carbocycles. The molecular formula is C17H12BrNO2. The van der Waals surface area contributed by atoms with Crippen molar-refractivity contribution < 1.29 is 9.53 Å². The summed E-state index contributed by atoms with van der Waals surface area (Å²) in [6.07, 6.45) is 1.75. The van der Waals surface area contributed by atoms with Gasteiger partial charge in [0.2, 0.25) is 0 Å². The van der Waals surface area contributed by atoms with Crippen LogP contribution in [0, 0.1) is 0 Å². The Morgan fingerprint density at radius 1 is 1.10 bits per heavy atom. The van der Waals surface area contributed by atoms with Crippen molar-refractivity contribution >= 4 is 32.6 Å². The van der Waals surface area contributed by atoms with E-state index in [0.29, 0.717) is 11.3 Å². The van der Waals surface area contributed by atoms with E-state index in [-0.39, 0.29) is 5.78 Å². The largest absolute Gasteiger partial charge is 0.455 e. The summed E-state index contributed by atoms with van der Waals surface area (Å²) < 4.78 is 6.71. The number of rotatable bonds is 3. The molecule has 0 bridgehead atoms. The molecule has 1 heterocycles. The number of carbonyl (C=O) groups excluding carboxylic acids is 1. The van der Waals surface area contributed by atoms with Gasteiger partial charge < -0.3 is 4.74 Å². The molecule has 0 amide bonds. The Labute approximate surface area is 130 Å². The van der Waals surface area contributed by atoms with Gasteiger partial charge in [0, 0.05) is 17.1 Å². The van der Waals surface area contributed by atoms with E-state index >= 15 is 0 Å². The van der Waals surface area contributed by atoms with Crippen LogP contribution in [0.3, 0.4) is 0 Å². The first kappa shape index (κ1) is 13.8. The molecule has 0 aliphatic heterocycles. The monoisotopic (exact) mass is 341 g/mol. The van der Waals surface area contributed by atoms with E-state index in [4.69, 9.17) is 4.74 Å². The van der Waals surface area contributed by atoms with Crippen LogP contribution in [-0.4, -0.2) is 10.8 Å². The quantitative estimate of drug-likeness (QED) is 0.630. The number of hydrogen-bond acceptors (Lipinski definition) is 3. The minimum Gasteiger partial charge on any atom is -0.455 e. The summed E-state index contributed by atoms with van der Waals surface area (Å²) >= 11 is 3.44. The van der Waals surface area contributed by atoms with Crippen LogP contribution >= 0.6 is 15.9 Å². The Morgan fingerprint density at radius 3 is 2.71 bits per heavy atom. The zero-order chi connectivity index (χ0) is 14.8. The summed E-state index contributed by atoms with van der Waals surface area (Å²) in [5, 5.41) is 0.947. The molecule has 3 aromatic rings. The van der Waals surface area contributed by atoms with Crippen LogP contribution in [-0.2, 0) is 0 Å². The lowest BCUT2D eigenvalue weighted by Crippen LogP contribution is -1.93. The highest BCUT2D eigenvalue weighted by Crippen LogP contribution is 2.33. The third kappa shape index (κ3) is 2.81. The Bertz CT molecular complexity index is 825. The Hall–Kier alpha value is -2.20. The molecule has 4 heteroatoms. The molecule has 3 nitrogen and oxygen atoms in total. The molecule has 21 heavy (non-hydrogen) atoms. The molecule has 0 radical (unpaired) electrons. The lowest BCUT2D eigenvalue weighted by molar-refractivity contribution is 0.101. The van der Waals surface area contributed by atoms with Gasteiger partial charge in [0.1, 0.15) is 11.5 Å². The number of fused-ring (bicyclic) bond motifs is 1. The molecule has 0 fully saturated rings. The van der Waals surface area contributed by atoms with Crippen LogP contribution < -0.4 is 4.74 Å². The number of carbonyl (C=O) groups is 1. The van der Waals surface area contributed by atoms with Crippen LogP contribution in [0.15, 0.2) is 59.2 Å². The number of ketones is 1. The molecule has 0 aliphatic carbocycles. The summed E-state index contributed by atoms with van der Waals surface area (Å²) in [5.41, 5.74) is 1.53. The van der Waals surface area contributed by atoms with Crippen molar-refractivity contribution in [2.45, 2.75) is 6.92 Å². The van der Waals surface area contributed by atoms with Crippen molar-refractivity contribution in [2.24, 2.45) is 0 Å². The SMILES string of the molecule is CC(=O)c1ccc(Oc2cccc3ncccc23)c(Br)c1. The average molecular weight is 342 g/mol. The fraction of sp³-hybridized carbons (Fsp3) is 0.0588. The van der Waals surface area contributed by atoms with E-state index in [0.717, 1.165) is 21.1 Å². The predicted octanol–water partition coefficient (Wildman–Crippen LogP) is 4.99. The molecular weight excluding hydrogens is 330 g/mol. The van der Waals surface area contributed by atoms with Crippen LogP contribution in [0.1, 0.15) is 17.3 Å². The molecule has 3 rings (SSSR count). The number of halogens is 1. The van der Waals surface area contributed by atoms with Crippen molar-refractivity contribution in [1.82, 2.24) is 4.98 Å². The third-order valence-electron chi connectivity index (χ3n) is 3.16. The van der Waals surface area contributed by atoms with Gasteiger partial charge in [-0.05, 0) is 65.3 Å². The second-order valence-electron chi connectivity index (χ2n) is 4.63. The smallest absolute Gasteiger partial charge is 0.159 e. The van der Waals surface area contributed by atoms with Crippen molar-refractivity contribution in [3.63, 3.8) is 0 Å². The zero-order valence-electron chi connectivity index (χ0n) is 11.3. The van der Waals surface area contributed by atoms with E-state index in [9.17, 15) is 4.79 Å². The van der Waals surface area contributed by atoms with Gasteiger partial charge >= 0.3 is 0 Å². The summed E-state index contributed by atoms with van der Waals surface area (Å²) in [6, 6.07) is 14.9. The van der Waals surface area contributed by atoms with E-state index in [2.05, 4.69) is 20.9 Å². The van der Waals surface area contributed by atoms with Gasteiger partial charge in [-0.25, -0.2) is 0 Å². The summed E-state index contributed by atoms with van der Waals surface area (Å²) in [6.45, 7) is 1.54. The standard InChI is InChI=1S/C17H12BrNO2/c1-11(20)12-7-8-17(14(18)10-12)21-16-6-2-5-15-13(16)4-3-9-19-15/h2-10H,1H3. The first-order chi connectivity index (χ1) is 10.1. The fourth-order valence-corrected chi connectivity index (χ4v) is 2.54. The number of pyridine rings is 1. The molecule has 0 spiro atoms. The number of hydrogen-bond donors (Lipinski definition) is 0. The highest BCUT2D eigenvalue weighted by molar-refractivity contribution is 9.10. The molecule has 0 unspecified atom stereocenters. The first-order valence-corrected chi connectivity index (χ1v) is 7.26. The number of nitrogens with zero attached hydrogens (tertiary/aromatic N) is 1. The van der Waals surface area contributed by atoms with Crippen molar-refractivity contribution in [2.75, 3.05) is 0 Å². The molecule has 2 aromatic carbocycles. The average Bonchev–Trinajstić information content (AvgIpc) is 2.49. The van der Waals surface area contributed by atoms with Crippen LogP contribution in [0.2, 0.25) is 0 Å². The van der Waals surface area contributed by atoms with E-state index in [1.54, 1.807) is 31.3 Å². The maximum absolute atomic E-state index is 11.4. The number of Topliss-reactive ketones (excluding diaryl/α,β-unsaturated/α-hetero) is 1. The molecule has 0 N–H and O–H groups in total. The minimum atomic E-state index is 0.0246. The zero-order valence-corrected chi connectivity index (χ0v) is 12.9. The number of benzene rings is 2. The molecule has 1 aromatic heterocycles. The van der Waals surface area contributed by atoms with Gasteiger partial charge in [-0.2, -0.15) is 0 Å². The summed E-state index contributed by atoms with van der Waals surface area (Å²) in [5.74, 6) is 1.42. The van der Waals surface area contributed by atoms with Crippen LogP contribution in [0.4, 0.5) is 0 Å². The Balaban J connectivity index is 2.01. The maximum Gasteiger partial charge on any atom is 0.159 e. The summed E-state index contributed by atoms with van der Waals surface area (Å²) in [4.78, 5) is 15.7. The van der Waals surface area contributed by atoms with Crippen molar-refractivity contribution in [3.8, 4) is 11.5 Å². The highest BCUT2D eigenvalue weighted by atomic mass is 79.9. The molecule has 0 atom stereocenters. The lowest BCUT2D eigenvalue weighted by atomic mass is 10.1. The van der Waals surface area contributed by atoms with Gasteiger partial charge in [-0.15, -0.1) is 0 Å². The number of aromatic nitrogens is 1. The van der Waals surface area contributed by atoms with E-state index in [1.165, 1.54) is 0 Å². The normalized spacial score (nSPS) is 10.6. The van der Waals surface area contributed by atoms with Crippen molar-refractivity contribution in [1.29, 1.82) is 0 Å². The second kappa shape index (κ2) is 5.66. The Kier molecular flexibility index (Phi) is 3.71. The third-order valence-corrected chi connectivity index (χ3v) is 3.78. The van der Waals surface area contributed by atoms with Crippen LogP contribution in [0.5, 0.6) is 11.5 Å². The summed E-state index contributed by atoms with van der Waals surface area (Å²) in [7, 11) is 0. The van der Waals surface area contributed by atoms with Gasteiger partial charge in [0.15, 0.2) is 5.78 Å². The number of ether oxygens (including phenoxy) is 1. The Morgan fingerprint density at radius 2 is 1.95 bits per heavy atom. The van der Waals surface area contributed by atoms with Crippen LogP contribution in [0.25, 0.3) is 10.9 Å². The molecule has 0 saturated heterocycles. The first-order valence-electron chi connectivity index (χ1n) is 6.47. The van der Waals surface area contributed by atoms with Crippen molar-refractivity contribution in [3.05, 3.63) is 64.8 Å². The van der Waals surface area contributed by atoms with Gasteiger partial charge in [0.05, 0.1) is 9.99 Å². The maximum atomic E-state index is 11.4. The van der Waals surface area contributed by atoms with E-state index < -0.39 is 0 Å². The lowest BCUT2D eigenvalue weighted by Gasteiger charge is -2.10. The minimum absolute atomic E-state index is 0.0246. The van der Waals surface area contributed by atoms with Gasteiger partial charge in [-0.1, -0.05) is 6.07 Å². The molecule has 0 aliphatic rings. The van der Waals surface area contributed by atoms with E-state index in [1.807, 2.05) is 30.3 Å². The molecule has 104 valence electrons. The fourth-order valence-electron chi connectivity index (χ4n) is 2.09. The topological polar surface area (TPSA) is 39.2 Å².